The number of carboxylic acid groups (broad SMARTS) is 1. The van der Waals surface area contributed by atoms with E-state index in [4.69, 9.17) is 35.5 Å². The van der Waals surface area contributed by atoms with Gasteiger partial charge in [0, 0.05) is 35.6 Å². The van der Waals surface area contributed by atoms with Crippen molar-refractivity contribution in [1.82, 2.24) is 19.4 Å². The first kappa shape index (κ1) is 26.7. The van der Waals surface area contributed by atoms with Gasteiger partial charge in [0.1, 0.15) is 18.0 Å². The number of hydrogen-bond donors (Lipinski definition) is 1. The summed E-state index contributed by atoms with van der Waals surface area (Å²) in [5, 5.41) is 11.1. The van der Waals surface area contributed by atoms with Crippen LogP contribution in [0.15, 0.2) is 65.3 Å². The number of pyridine rings is 1. The monoisotopic (exact) mass is 598 g/mol. The van der Waals surface area contributed by atoms with Gasteiger partial charge in [-0.3, -0.25) is 4.90 Å². The number of halogens is 1. The number of likely N-dealkylation sites (tertiary alicyclic amines) is 1. The van der Waals surface area contributed by atoms with E-state index in [0.717, 1.165) is 84.6 Å². The first-order chi connectivity index (χ1) is 21.0. The van der Waals surface area contributed by atoms with Crippen LogP contribution in [0.1, 0.15) is 46.7 Å². The smallest absolute Gasteiger partial charge is 0.335 e. The van der Waals surface area contributed by atoms with E-state index in [2.05, 4.69) is 15.5 Å². The number of carbonyl (C=O) groups is 1. The normalized spacial score (nSPS) is 23.3. The van der Waals surface area contributed by atoms with Crippen molar-refractivity contribution >= 4 is 39.6 Å². The molecule has 0 radical (unpaired) electrons. The Morgan fingerprint density at radius 1 is 1.16 bits per heavy atom. The van der Waals surface area contributed by atoms with Crippen LogP contribution in [0.3, 0.4) is 0 Å². The predicted molar refractivity (Wildman–Crippen MR) is 161 cm³/mol. The third-order valence-electron chi connectivity index (χ3n) is 9.46. The first-order valence-electron chi connectivity index (χ1n) is 14.8. The number of fused-ring (bicyclic) bond motifs is 3. The summed E-state index contributed by atoms with van der Waals surface area (Å²) < 4.78 is 19.7. The van der Waals surface area contributed by atoms with Gasteiger partial charge in [0.15, 0.2) is 0 Å². The lowest BCUT2D eigenvalue weighted by Gasteiger charge is -2.32. The molecule has 1 aliphatic carbocycles. The van der Waals surface area contributed by atoms with Crippen LogP contribution < -0.4 is 4.74 Å². The van der Waals surface area contributed by atoms with Gasteiger partial charge in [-0.15, -0.1) is 0 Å². The Hall–Kier alpha value is -3.92. The molecule has 10 heteroatoms. The Bertz CT molecular complexity index is 1860. The van der Waals surface area contributed by atoms with Crippen LogP contribution in [-0.2, 0) is 29.8 Å². The highest BCUT2D eigenvalue weighted by Gasteiger charge is 2.58. The number of nitrogens with zero attached hydrogens (tertiary/aromatic N) is 4. The van der Waals surface area contributed by atoms with Crippen molar-refractivity contribution in [2.24, 2.45) is 5.92 Å². The van der Waals surface area contributed by atoms with Crippen molar-refractivity contribution in [3.05, 3.63) is 88.5 Å². The fourth-order valence-electron chi connectivity index (χ4n) is 6.86. The van der Waals surface area contributed by atoms with Crippen LogP contribution in [0.4, 0.5) is 0 Å². The molecule has 3 aliphatic rings. The third kappa shape index (κ3) is 4.76. The number of imidazole rings is 1. The fraction of sp³-hybridized carbons (Fsp3) is 0.364. The van der Waals surface area contributed by atoms with Crippen LogP contribution in [0.5, 0.6) is 5.88 Å². The first-order valence-corrected chi connectivity index (χ1v) is 15.2. The number of piperidine rings is 1. The van der Waals surface area contributed by atoms with Crippen LogP contribution in [-0.4, -0.2) is 56.3 Å². The minimum atomic E-state index is -0.930. The zero-order valence-electron chi connectivity index (χ0n) is 23.5. The molecule has 2 saturated heterocycles. The van der Waals surface area contributed by atoms with Crippen LogP contribution >= 0.6 is 11.6 Å². The van der Waals surface area contributed by atoms with E-state index in [-0.39, 0.29) is 17.1 Å². The van der Waals surface area contributed by atoms with Gasteiger partial charge >= 0.3 is 5.97 Å². The Morgan fingerprint density at radius 2 is 2.07 bits per heavy atom. The number of ether oxygens (including phenoxy) is 2. The molecule has 8 rings (SSSR count). The molecule has 1 N–H and O–H groups in total. The molecular formula is C33H31ClN4O5. The molecule has 2 aromatic carbocycles. The number of carboxylic acids is 1. The molecule has 5 heterocycles. The largest absolute Gasteiger partial charge is 0.478 e. The molecule has 43 heavy (non-hydrogen) atoms. The maximum Gasteiger partial charge on any atom is 0.335 e. The molecule has 5 aromatic rings. The lowest BCUT2D eigenvalue weighted by atomic mass is 9.91. The maximum atomic E-state index is 11.6. The Labute approximate surface area is 253 Å². The van der Waals surface area contributed by atoms with E-state index in [1.807, 2.05) is 36.4 Å². The minimum Gasteiger partial charge on any atom is -0.478 e. The standard InChI is InChI=1S/C33H31ClN4O5/c34-25-6-4-21(31-24(25)9-13-42-31)19-43-30-3-1-2-28(36-30)33-10-11-37(16-22(33)15-33)18-29-35-26-7-5-20(32(39)40)14-27(26)38(29)17-23-8-12-41-23/h1-7,9,13-14,22-23H,8,10-12,15-19H2,(H,39,40)/t22?,23-,33?/m0/s1. The predicted octanol–water partition coefficient (Wildman–Crippen LogP) is 6.06. The summed E-state index contributed by atoms with van der Waals surface area (Å²) >= 11 is 6.29. The van der Waals surface area contributed by atoms with Gasteiger partial charge in [-0.25, -0.2) is 14.8 Å². The average molecular weight is 599 g/mol. The van der Waals surface area contributed by atoms with Crippen molar-refractivity contribution in [3.8, 4) is 5.88 Å². The van der Waals surface area contributed by atoms with E-state index in [1.54, 1.807) is 18.4 Å². The molecule has 1 saturated carbocycles. The van der Waals surface area contributed by atoms with Crippen LogP contribution in [0.2, 0.25) is 5.02 Å². The molecule has 3 atom stereocenters. The lowest BCUT2D eigenvalue weighted by Crippen LogP contribution is -2.37. The highest BCUT2D eigenvalue weighted by Crippen LogP contribution is 2.59. The number of aromatic nitrogens is 3. The summed E-state index contributed by atoms with van der Waals surface area (Å²) in [5.41, 5.74) is 4.82. The van der Waals surface area contributed by atoms with E-state index < -0.39 is 5.97 Å². The van der Waals surface area contributed by atoms with Crippen molar-refractivity contribution in [3.63, 3.8) is 0 Å². The topological polar surface area (TPSA) is 103 Å². The fourth-order valence-corrected chi connectivity index (χ4v) is 7.07. The second-order valence-electron chi connectivity index (χ2n) is 12.0. The lowest BCUT2D eigenvalue weighted by molar-refractivity contribution is -0.0592. The van der Waals surface area contributed by atoms with Gasteiger partial charge in [-0.1, -0.05) is 23.7 Å². The molecule has 2 unspecified atom stereocenters. The summed E-state index contributed by atoms with van der Waals surface area (Å²) in [4.78, 5) is 24.0. The van der Waals surface area contributed by atoms with Gasteiger partial charge in [-0.2, -0.15) is 0 Å². The summed E-state index contributed by atoms with van der Waals surface area (Å²) in [6.45, 7) is 4.44. The quantitative estimate of drug-likeness (QED) is 0.218. The SMILES string of the molecule is O=C(O)c1ccc2nc(CN3CCC4(c5cccc(OCc6ccc(Cl)c7ccoc67)n5)CC4C3)n(C[C@@H]3CCO3)c2c1. The Balaban J connectivity index is 0.967. The van der Waals surface area contributed by atoms with E-state index in [9.17, 15) is 9.90 Å². The molecule has 3 aromatic heterocycles. The van der Waals surface area contributed by atoms with Crippen molar-refractivity contribution in [1.29, 1.82) is 0 Å². The summed E-state index contributed by atoms with van der Waals surface area (Å²) in [6, 6.07) is 16.9. The molecule has 0 bridgehead atoms. The summed E-state index contributed by atoms with van der Waals surface area (Å²) in [6.07, 6.45) is 4.93. The summed E-state index contributed by atoms with van der Waals surface area (Å²) in [7, 11) is 0. The average Bonchev–Trinajstić information content (AvgIpc) is 3.32. The van der Waals surface area contributed by atoms with Gasteiger partial charge in [0.05, 0.1) is 52.8 Å². The van der Waals surface area contributed by atoms with Crippen LogP contribution in [0, 0.1) is 5.92 Å². The van der Waals surface area contributed by atoms with E-state index >= 15 is 0 Å². The second kappa shape index (κ2) is 10.4. The Morgan fingerprint density at radius 3 is 2.88 bits per heavy atom. The van der Waals surface area contributed by atoms with Gasteiger partial charge in [0.25, 0.3) is 0 Å². The minimum absolute atomic E-state index is 0.0840. The third-order valence-corrected chi connectivity index (χ3v) is 9.79. The molecule has 0 amide bonds. The number of rotatable bonds is 9. The number of aromatic carboxylic acids is 1. The van der Waals surface area contributed by atoms with Gasteiger partial charge < -0.3 is 23.6 Å². The van der Waals surface area contributed by atoms with Gasteiger partial charge in [-0.05, 0) is 68.1 Å². The molecule has 9 nitrogen and oxygen atoms in total. The second-order valence-corrected chi connectivity index (χ2v) is 12.4. The summed E-state index contributed by atoms with van der Waals surface area (Å²) in [5.74, 6) is 1.17. The highest BCUT2D eigenvalue weighted by atomic mass is 35.5. The highest BCUT2D eigenvalue weighted by molar-refractivity contribution is 6.35. The molecule has 220 valence electrons. The van der Waals surface area contributed by atoms with Crippen LogP contribution in [0.25, 0.3) is 22.0 Å². The molecule has 0 spiro atoms. The van der Waals surface area contributed by atoms with Crippen molar-refractivity contribution in [2.45, 2.75) is 50.5 Å². The maximum absolute atomic E-state index is 11.6. The number of hydrogen-bond acceptors (Lipinski definition) is 7. The number of furan rings is 1. The van der Waals surface area contributed by atoms with Crippen molar-refractivity contribution < 1.29 is 23.8 Å². The molecule has 2 aliphatic heterocycles. The zero-order valence-corrected chi connectivity index (χ0v) is 24.3. The Kier molecular flexibility index (Phi) is 6.43. The number of benzene rings is 2. The van der Waals surface area contributed by atoms with E-state index in [1.165, 1.54) is 0 Å². The van der Waals surface area contributed by atoms with Gasteiger partial charge in [0.2, 0.25) is 5.88 Å². The van der Waals surface area contributed by atoms with Crippen molar-refractivity contribution in [2.75, 3.05) is 19.7 Å². The molecular weight excluding hydrogens is 568 g/mol. The zero-order chi connectivity index (χ0) is 29.1. The molecule has 3 fully saturated rings. The van der Waals surface area contributed by atoms with E-state index in [0.29, 0.717) is 30.0 Å².